The van der Waals surface area contributed by atoms with Crippen LogP contribution in [0.2, 0.25) is 0 Å². The smallest absolute Gasteiger partial charge is 0.241 e. The lowest BCUT2D eigenvalue weighted by atomic mass is 10.1. The minimum Gasteiger partial charge on any atom is -0.368 e. The first-order chi connectivity index (χ1) is 8.36. The molecule has 0 bridgehead atoms. The monoisotopic (exact) mass is 270 g/mol. The molecule has 1 aromatic carbocycles. The van der Waals surface area contributed by atoms with E-state index in [0.29, 0.717) is 0 Å². The topological polar surface area (TPSA) is 89.3 Å². The van der Waals surface area contributed by atoms with E-state index in [0.717, 1.165) is 18.4 Å². The summed E-state index contributed by atoms with van der Waals surface area (Å²) < 4.78 is 26.0. The summed E-state index contributed by atoms with van der Waals surface area (Å²) in [6, 6.07) is 5.67. The van der Waals surface area contributed by atoms with E-state index < -0.39 is 22.0 Å². The van der Waals surface area contributed by atoms with Gasteiger partial charge in [-0.25, -0.2) is 8.42 Å². The van der Waals surface area contributed by atoms with Gasteiger partial charge in [-0.15, -0.1) is 0 Å². The number of amides is 1. The predicted octanol–water partition coefficient (Wildman–Crippen LogP) is 0.791. The average Bonchev–Trinajstić information content (AvgIpc) is 2.29. The maximum atomic E-state index is 11.9. The number of carbonyl (C=O) groups is 1. The molecule has 1 unspecified atom stereocenters. The third-order valence-electron chi connectivity index (χ3n) is 2.53. The van der Waals surface area contributed by atoms with Crippen molar-refractivity contribution in [2.75, 3.05) is 0 Å². The van der Waals surface area contributed by atoms with Gasteiger partial charge in [0.25, 0.3) is 0 Å². The molecule has 5 nitrogen and oxygen atoms in total. The first-order valence-electron chi connectivity index (χ1n) is 5.77. The molecule has 0 aliphatic carbocycles. The predicted molar refractivity (Wildman–Crippen MR) is 69.4 cm³/mol. The molecule has 0 saturated heterocycles. The number of hydrogen-bond acceptors (Lipinski definition) is 3. The lowest BCUT2D eigenvalue weighted by Gasteiger charge is -2.11. The first kappa shape index (κ1) is 14.7. The normalized spacial score (nSPS) is 13.2. The Labute approximate surface area is 107 Å². The number of benzene rings is 1. The molecule has 0 aliphatic heterocycles. The molecule has 0 heterocycles. The van der Waals surface area contributed by atoms with Gasteiger partial charge in [-0.2, -0.15) is 4.72 Å². The van der Waals surface area contributed by atoms with Gasteiger partial charge in [0.15, 0.2) is 0 Å². The van der Waals surface area contributed by atoms with Gasteiger partial charge in [-0.1, -0.05) is 25.5 Å². The van der Waals surface area contributed by atoms with E-state index in [2.05, 4.69) is 11.6 Å². The van der Waals surface area contributed by atoms with E-state index in [1.54, 1.807) is 12.1 Å². The third-order valence-corrected chi connectivity index (χ3v) is 4.09. The molecule has 0 aromatic heterocycles. The number of nitrogens with one attached hydrogen (secondary N) is 1. The number of rotatable bonds is 6. The van der Waals surface area contributed by atoms with E-state index in [4.69, 9.17) is 5.73 Å². The SMILES string of the molecule is CCCc1ccc(S(=O)(=O)NC(C)C(N)=O)cc1. The van der Waals surface area contributed by atoms with Crippen molar-refractivity contribution in [3.05, 3.63) is 29.8 Å². The van der Waals surface area contributed by atoms with Gasteiger partial charge in [-0.3, -0.25) is 4.79 Å². The summed E-state index contributed by atoms with van der Waals surface area (Å²) in [5.74, 6) is -0.707. The fourth-order valence-electron chi connectivity index (χ4n) is 1.48. The van der Waals surface area contributed by atoms with Crippen LogP contribution in [0, 0.1) is 0 Å². The Morgan fingerprint density at radius 2 is 1.89 bits per heavy atom. The van der Waals surface area contributed by atoms with Crippen LogP contribution in [0.5, 0.6) is 0 Å². The molecule has 0 saturated carbocycles. The summed E-state index contributed by atoms with van der Waals surface area (Å²) in [4.78, 5) is 11.0. The molecule has 6 heteroatoms. The van der Waals surface area contributed by atoms with Gasteiger partial charge in [0.1, 0.15) is 0 Å². The standard InChI is InChI=1S/C12H18N2O3S/c1-3-4-10-5-7-11(8-6-10)18(16,17)14-9(2)12(13)15/h5-9,14H,3-4H2,1-2H3,(H2,13,15). The van der Waals surface area contributed by atoms with Crippen molar-refractivity contribution in [2.45, 2.75) is 37.6 Å². The Morgan fingerprint density at radius 3 is 2.33 bits per heavy atom. The molecule has 3 N–H and O–H groups in total. The van der Waals surface area contributed by atoms with Crippen LogP contribution in [0.3, 0.4) is 0 Å². The molecule has 100 valence electrons. The first-order valence-corrected chi connectivity index (χ1v) is 7.25. The third kappa shape index (κ3) is 3.82. The number of carbonyl (C=O) groups excluding carboxylic acids is 1. The number of aryl methyl sites for hydroxylation is 1. The highest BCUT2D eigenvalue weighted by Crippen LogP contribution is 2.12. The van der Waals surface area contributed by atoms with Crippen molar-refractivity contribution in [2.24, 2.45) is 5.73 Å². The molecular weight excluding hydrogens is 252 g/mol. The molecule has 18 heavy (non-hydrogen) atoms. The van der Waals surface area contributed by atoms with Crippen molar-refractivity contribution in [1.82, 2.24) is 4.72 Å². The summed E-state index contributed by atoms with van der Waals surface area (Å²) in [6.07, 6.45) is 1.91. The molecule has 0 radical (unpaired) electrons. The summed E-state index contributed by atoms with van der Waals surface area (Å²) in [7, 11) is -3.69. The van der Waals surface area contributed by atoms with Crippen LogP contribution in [0.25, 0.3) is 0 Å². The number of hydrogen-bond donors (Lipinski definition) is 2. The van der Waals surface area contributed by atoms with E-state index >= 15 is 0 Å². The molecule has 1 amide bonds. The molecular formula is C12H18N2O3S. The second-order valence-corrected chi connectivity index (χ2v) is 5.85. The fraction of sp³-hybridized carbons (Fsp3) is 0.417. The van der Waals surface area contributed by atoms with Crippen LogP contribution >= 0.6 is 0 Å². The lowest BCUT2D eigenvalue weighted by molar-refractivity contribution is -0.119. The van der Waals surface area contributed by atoms with E-state index in [1.807, 2.05) is 0 Å². The molecule has 1 aromatic rings. The van der Waals surface area contributed by atoms with Gasteiger partial charge in [-0.05, 0) is 31.0 Å². The Morgan fingerprint density at radius 1 is 1.33 bits per heavy atom. The van der Waals surface area contributed by atoms with Gasteiger partial charge in [0.2, 0.25) is 15.9 Å². The summed E-state index contributed by atoms with van der Waals surface area (Å²) in [6.45, 7) is 3.46. The van der Waals surface area contributed by atoms with Crippen molar-refractivity contribution in [3.63, 3.8) is 0 Å². The van der Waals surface area contributed by atoms with Crippen molar-refractivity contribution < 1.29 is 13.2 Å². The van der Waals surface area contributed by atoms with Crippen LogP contribution in [-0.2, 0) is 21.2 Å². The van der Waals surface area contributed by atoms with Crippen LogP contribution in [0.4, 0.5) is 0 Å². The quantitative estimate of drug-likeness (QED) is 0.801. The van der Waals surface area contributed by atoms with E-state index in [-0.39, 0.29) is 4.90 Å². The minimum absolute atomic E-state index is 0.135. The van der Waals surface area contributed by atoms with Gasteiger partial charge >= 0.3 is 0 Å². The summed E-state index contributed by atoms with van der Waals surface area (Å²) >= 11 is 0. The average molecular weight is 270 g/mol. The maximum Gasteiger partial charge on any atom is 0.241 e. The zero-order valence-electron chi connectivity index (χ0n) is 10.5. The highest BCUT2D eigenvalue weighted by atomic mass is 32.2. The minimum atomic E-state index is -3.69. The number of primary amides is 1. The molecule has 0 fully saturated rings. The van der Waals surface area contributed by atoms with Gasteiger partial charge < -0.3 is 5.73 Å². The van der Waals surface area contributed by atoms with Crippen LogP contribution < -0.4 is 10.5 Å². The second kappa shape index (κ2) is 5.97. The van der Waals surface area contributed by atoms with E-state index in [1.165, 1.54) is 19.1 Å². The Balaban J connectivity index is 2.88. The number of sulfonamides is 1. The van der Waals surface area contributed by atoms with Crippen molar-refractivity contribution in [3.8, 4) is 0 Å². The zero-order valence-corrected chi connectivity index (χ0v) is 11.3. The lowest BCUT2D eigenvalue weighted by Crippen LogP contribution is -2.42. The molecule has 0 aliphatic rings. The van der Waals surface area contributed by atoms with Crippen LogP contribution in [-0.4, -0.2) is 20.4 Å². The summed E-state index contributed by atoms with van der Waals surface area (Å²) in [5, 5.41) is 0. The zero-order chi connectivity index (χ0) is 13.8. The maximum absolute atomic E-state index is 11.9. The Hall–Kier alpha value is -1.40. The molecule has 0 spiro atoms. The highest BCUT2D eigenvalue weighted by molar-refractivity contribution is 7.89. The fourth-order valence-corrected chi connectivity index (χ4v) is 2.69. The Kier molecular flexibility index (Phi) is 4.86. The Bertz CT molecular complexity index is 509. The molecule has 1 atom stereocenters. The van der Waals surface area contributed by atoms with Crippen molar-refractivity contribution >= 4 is 15.9 Å². The second-order valence-electron chi connectivity index (χ2n) is 4.14. The summed E-state index contributed by atoms with van der Waals surface area (Å²) in [5.41, 5.74) is 6.10. The largest absolute Gasteiger partial charge is 0.368 e. The number of nitrogens with two attached hydrogens (primary N) is 1. The van der Waals surface area contributed by atoms with Crippen molar-refractivity contribution in [1.29, 1.82) is 0 Å². The molecule has 1 rings (SSSR count). The van der Waals surface area contributed by atoms with Crippen LogP contribution in [0.15, 0.2) is 29.2 Å². The van der Waals surface area contributed by atoms with Gasteiger partial charge in [0.05, 0.1) is 10.9 Å². The highest BCUT2D eigenvalue weighted by Gasteiger charge is 2.19. The van der Waals surface area contributed by atoms with Gasteiger partial charge in [0, 0.05) is 0 Å². The van der Waals surface area contributed by atoms with Crippen LogP contribution in [0.1, 0.15) is 25.8 Å². The van der Waals surface area contributed by atoms with E-state index in [9.17, 15) is 13.2 Å².